The Labute approximate surface area is 350 Å². The van der Waals surface area contributed by atoms with Gasteiger partial charge in [-0.3, -0.25) is 24.0 Å². The Kier molecular flexibility index (Phi) is 20.1. The van der Waals surface area contributed by atoms with E-state index in [2.05, 4.69) is 6.58 Å². The monoisotopic (exact) mass is 890 g/mol. The summed E-state index contributed by atoms with van der Waals surface area (Å²) in [7, 11) is -1.53. The molecule has 0 aliphatic carbocycles. The molecule has 3 rings (SSSR count). The van der Waals surface area contributed by atoms with Crippen LogP contribution in [-0.4, -0.2) is 149 Å². The lowest BCUT2D eigenvalue weighted by atomic mass is 9.91. The van der Waals surface area contributed by atoms with E-state index >= 15 is 0 Å². The van der Waals surface area contributed by atoms with Crippen LogP contribution in [0, 0.1) is 22.7 Å². The van der Waals surface area contributed by atoms with Crippen LogP contribution in [-0.2, 0) is 99.2 Å². The summed E-state index contributed by atoms with van der Waals surface area (Å²) < 4.78 is 85.5. The Balaban J connectivity index is 2.33. The molecule has 0 saturated carbocycles. The van der Waals surface area contributed by atoms with Crippen molar-refractivity contribution >= 4 is 50.6 Å². The number of methoxy groups -OCH3 is 1. The third kappa shape index (κ3) is 14.8. The third-order valence-electron chi connectivity index (χ3n) is 8.31. The molecule has 3 aliphatic heterocycles. The van der Waals surface area contributed by atoms with E-state index in [9.17, 15) is 44.1 Å². The maximum Gasteiger partial charge on any atom is 0.508 e. The van der Waals surface area contributed by atoms with Crippen molar-refractivity contribution in [3.8, 4) is 12.1 Å². The summed E-state index contributed by atoms with van der Waals surface area (Å²) in [6.07, 6.45) is -17.9. The first-order chi connectivity index (χ1) is 29.0. The lowest BCUT2D eigenvalue weighted by Crippen LogP contribution is -2.68. The van der Waals surface area contributed by atoms with Gasteiger partial charge in [-0.2, -0.15) is 10.5 Å². The van der Waals surface area contributed by atoms with Gasteiger partial charge in [-0.15, -0.1) is 6.58 Å². The van der Waals surface area contributed by atoms with Crippen LogP contribution in [0.2, 0.25) is 0 Å². The Morgan fingerprint density at radius 1 is 0.885 bits per heavy atom. The highest BCUT2D eigenvalue weighted by Crippen LogP contribution is 2.48. The van der Waals surface area contributed by atoms with Crippen LogP contribution in [0.1, 0.15) is 53.9 Å². The average Bonchev–Trinajstić information content (AvgIpc) is 3.63. The Morgan fingerprint density at radius 2 is 1.49 bits per heavy atom. The van der Waals surface area contributed by atoms with Gasteiger partial charge in [0.05, 0.1) is 58.0 Å². The molecule has 0 amide bonds. The van der Waals surface area contributed by atoms with E-state index in [0.717, 1.165) is 41.7 Å². The molecule has 0 radical (unpaired) electrons. The van der Waals surface area contributed by atoms with Crippen LogP contribution in [0.4, 0.5) is 4.79 Å². The van der Waals surface area contributed by atoms with Crippen LogP contribution < -0.4 is 0 Å². The van der Waals surface area contributed by atoms with E-state index in [4.69, 9.17) is 70.4 Å². The molecule has 0 aromatic rings. The summed E-state index contributed by atoms with van der Waals surface area (Å²) in [6.45, 7) is 6.62. The van der Waals surface area contributed by atoms with E-state index in [0.29, 0.717) is 0 Å². The second-order valence-corrected chi connectivity index (χ2v) is 14.1. The Hall–Kier alpha value is -5.04. The number of carbonyl (C=O) groups excluding carboxylic acids is 7. The molecule has 3 saturated heterocycles. The summed E-state index contributed by atoms with van der Waals surface area (Å²) in [4.78, 5) is 88.3. The fourth-order valence-electron chi connectivity index (χ4n) is 6.13. The van der Waals surface area contributed by atoms with Gasteiger partial charge >= 0.3 is 50.6 Å². The fraction of sp³-hybridized carbons (Fsp3) is 0.694. The van der Waals surface area contributed by atoms with Crippen molar-refractivity contribution < 1.29 is 104 Å². The van der Waals surface area contributed by atoms with E-state index in [1.807, 2.05) is 12.1 Å². The highest BCUT2D eigenvalue weighted by molar-refractivity contribution is 7.41. The van der Waals surface area contributed by atoms with Crippen LogP contribution in [0.5, 0.6) is 0 Å². The molecule has 338 valence electrons. The normalized spacial score (nSPS) is 28.7. The van der Waals surface area contributed by atoms with Gasteiger partial charge in [-0.05, 0) is 0 Å². The van der Waals surface area contributed by atoms with Gasteiger partial charge in [0.15, 0.2) is 36.8 Å². The zero-order chi connectivity index (χ0) is 45.3. The van der Waals surface area contributed by atoms with Gasteiger partial charge in [0.2, 0.25) is 0 Å². The second-order valence-electron chi connectivity index (χ2n) is 12.9. The number of carbonyl (C=O) groups is 7. The lowest BCUT2D eigenvalue weighted by molar-refractivity contribution is -0.361. The molecule has 24 nitrogen and oxygen atoms in total. The van der Waals surface area contributed by atoms with Gasteiger partial charge in [0.1, 0.15) is 31.5 Å². The number of nitriles is 2. The van der Waals surface area contributed by atoms with Crippen LogP contribution in [0.3, 0.4) is 0 Å². The van der Waals surface area contributed by atoms with Gasteiger partial charge in [0, 0.05) is 41.0 Å². The zero-order valence-corrected chi connectivity index (χ0v) is 34.9. The summed E-state index contributed by atoms with van der Waals surface area (Å²) in [5, 5.41) is 18.4. The van der Waals surface area contributed by atoms with Gasteiger partial charge < -0.3 is 70.4 Å². The summed E-state index contributed by atoms with van der Waals surface area (Å²) in [5.74, 6) is -8.29. The van der Waals surface area contributed by atoms with Gasteiger partial charge in [0.25, 0.3) is 5.79 Å². The first-order valence-corrected chi connectivity index (χ1v) is 19.5. The molecule has 0 aromatic heterocycles. The molecular weight excluding hydrogens is 843 g/mol. The van der Waals surface area contributed by atoms with Crippen LogP contribution >= 0.6 is 8.60 Å². The largest absolute Gasteiger partial charge is 0.508 e. The molecule has 0 N–H and O–H groups in total. The predicted octanol–water partition coefficient (Wildman–Crippen LogP) is 1.26. The number of hydrogen-bond acceptors (Lipinski definition) is 24. The highest BCUT2D eigenvalue weighted by Gasteiger charge is 2.62. The minimum Gasteiger partial charge on any atom is -0.465 e. The molecule has 11 atom stereocenters. The number of cyclic esters (lactones) is 2. The molecule has 3 heterocycles. The van der Waals surface area contributed by atoms with Gasteiger partial charge in [-0.25, -0.2) is 9.59 Å². The Bertz CT molecular complexity index is 1650. The standard InChI is InChI=1S/C36H47N2O22P/c1-8-13-49-36(34(44)46-7)16-24(29(28(59-36)26-18-48-35(45)57-26)60-61(50-14-9-11-37)51-15-10-12-38)56-33-32(55-23(6)43)31(54-22(5)42)30(53-21(4)41)27(58-33)25(52-20(3)40)17-47-19(2)39/h8,24-33H,1,9-10,13-18H2,2-7H3/t24-,25+,26-,27-,28-,29-,30-,31+,32+,33+,36-/m1/s1. The summed E-state index contributed by atoms with van der Waals surface area (Å²) in [6, 6.07) is 3.79. The number of esters is 6. The van der Waals surface area contributed by atoms with Crippen LogP contribution in [0.15, 0.2) is 12.7 Å². The third-order valence-corrected chi connectivity index (χ3v) is 9.51. The van der Waals surface area contributed by atoms with E-state index < -0.39 is 137 Å². The number of rotatable bonds is 22. The van der Waals surface area contributed by atoms with E-state index in [1.54, 1.807) is 0 Å². The van der Waals surface area contributed by atoms with E-state index in [-0.39, 0.29) is 32.7 Å². The molecule has 3 fully saturated rings. The first kappa shape index (κ1) is 50.3. The molecule has 0 unspecified atom stereocenters. The lowest BCUT2D eigenvalue weighted by Gasteiger charge is -2.50. The van der Waals surface area contributed by atoms with Crippen molar-refractivity contribution in [3.05, 3.63) is 12.7 Å². The number of nitrogens with zero attached hydrogens (tertiary/aromatic N) is 2. The van der Waals surface area contributed by atoms with Crippen molar-refractivity contribution in [1.82, 2.24) is 0 Å². The first-order valence-electron chi connectivity index (χ1n) is 18.4. The maximum atomic E-state index is 13.7. The molecule has 25 heteroatoms. The maximum absolute atomic E-state index is 13.7. The molecular formula is C36H47N2O22P. The van der Waals surface area contributed by atoms with Crippen molar-refractivity contribution in [3.63, 3.8) is 0 Å². The SMILES string of the molecule is C=CCO[C@]1(C(=O)OC)C[C@@H](O[C@H]2O[C@H]([C@H](COC(C)=O)OC(C)=O)[C@@H](OC(C)=O)[C@H](OC(C)=O)[C@@H]2OC(C)=O)[C@@H](OP(OCCC#N)OCCC#N)[C@@H]([C@H]2COC(=O)O2)O1. The number of ether oxygens (including phenoxy) is 12. The zero-order valence-electron chi connectivity index (χ0n) is 34.0. The summed E-state index contributed by atoms with van der Waals surface area (Å²) in [5.41, 5.74) is 0. The topological polar surface area (TPSA) is 306 Å². The minimum absolute atomic E-state index is 0.136. The molecule has 3 aliphatic rings. The molecule has 61 heavy (non-hydrogen) atoms. The van der Waals surface area contributed by atoms with Crippen molar-refractivity contribution in [2.45, 2.75) is 121 Å². The predicted molar refractivity (Wildman–Crippen MR) is 193 cm³/mol. The smallest absolute Gasteiger partial charge is 0.465 e. The average molecular weight is 891 g/mol. The van der Waals surface area contributed by atoms with E-state index in [1.165, 1.54) is 6.08 Å². The molecule has 0 bridgehead atoms. The fourth-order valence-corrected chi connectivity index (χ4v) is 7.26. The van der Waals surface area contributed by atoms with Crippen molar-refractivity contribution in [2.24, 2.45) is 0 Å². The highest BCUT2D eigenvalue weighted by atomic mass is 31.2. The molecule has 0 spiro atoms. The van der Waals surface area contributed by atoms with Crippen molar-refractivity contribution in [1.29, 1.82) is 10.5 Å². The minimum atomic E-state index is -2.55. The Morgan fingerprint density at radius 3 is 2.00 bits per heavy atom. The summed E-state index contributed by atoms with van der Waals surface area (Å²) >= 11 is 0. The molecule has 0 aromatic carbocycles. The second kappa shape index (κ2) is 24.4. The van der Waals surface area contributed by atoms with Crippen LogP contribution in [0.25, 0.3) is 0 Å². The number of hydrogen-bond donors (Lipinski definition) is 0. The van der Waals surface area contributed by atoms with Crippen molar-refractivity contribution in [2.75, 3.05) is 40.1 Å². The quantitative estimate of drug-likeness (QED) is 0.0485. The van der Waals surface area contributed by atoms with Gasteiger partial charge in [-0.1, -0.05) is 6.08 Å².